The number of hydrogen-bond acceptors (Lipinski definition) is 1. The van der Waals surface area contributed by atoms with E-state index in [4.69, 9.17) is 0 Å². The Morgan fingerprint density at radius 2 is 1.73 bits per heavy atom. The lowest BCUT2D eigenvalue weighted by Gasteiger charge is -2.26. The third-order valence-electron chi connectivity index (χ3n) is 2.01. The predicted molar refractivity (Wildman–Crippen MR) is 56.3 cm³/mol. The van der Waals surface area contributed by atoms with Crippen molar-refractivity contribution in [3.8, 4) is 0 Å². The van der Waals surface area contributed by atoms with Gasteiger partial charge in [-0.25, -0.2) is 0 Å². The molecule has 0 spiro atoms. The van der Waals surface area contributed by atoms with Gasteiger partial charge in [-0.15, -0.1) is 0 Å². The molecule has 0 aromatic carbocycles. The zero-order valence-electron chi connectivity index (χ0n) is 8.52. The quantitative estimate of drug-likeness (QED) is 0.619. The molecule has 0 radical (unpaired) electrons. The van der Waals surface area contributed by atoms with Crippen molar-refractivity contribution in [3.05, 3.63) is 0 Å². The molecule has 0 fully saturated rings. The number of thiol groups is 1. The third-order valence-corrected chi connectivity index (χ3v) is 2.88. The first kappa shape index (κ1) is 11.4. The average Bonchev–Trinajstić information content (AvgIpc) is 1.82. The smallest absolute Gasteiger partial charge is 0.00400 e. The SMILES string of the molecule is CCC(S)C(C)CC(C)(C)C. The van der Waals surface area contributed by atoms with Gasteiger partial charge in [0.1, 0.15) is 0 Å². The second-order valence-electron chi connectivity index (χ2n) is 4.72. The lowest BCUT2D eigenvalue weighted by atomic mass is 9.83. The summed E-state index contributed by atoms with van der Waals surface area (Å²) in [5.41, 5.74) is 0.454. The molecule has 0 saturated carbocycles. The molecule has 0 amide bonds. The van der Waals surface area contributed by atoms with Crippen LogP contribution >= 0.6 is 12.6 Å². The Morgan fingerprint density at radius 1 is 1.27 bits per heavy atom. The minimum atomic E-state index is 0.454. The van der Waals surface area contributed by atoms with Gasteiger partial charge in [0.05, 0.1) is 0 Å². The summed E-state index contributed by atoms with van der Waals surface area (Å²) in [6.07, 6.45) is 2.45. The Kier molecular flexibility index (Phi) is 4.53. The fraction of sp³-hybridized carbons (Fsp3) is 1.00. The fourth-order valence-corrected chi connectivity index (χ4v) is 1.61. The van der Waals surface area contributed by atoms with Crippen molar-refractivity contribution < 1.29 is 0 Å². The maximum Gasteiger partial charge on any atom is 0.00400 e. The molecule has 0 aliphatic rings. The summed E-state index contributed by atoms with van der Waals surface area (Å²) in [6.45, 7) is 11.4. The van der Waals surface area contributed by atoms with Crippen molar-refractivity contribution in [1.82, 2.24) is 0 Å². The molecular weight excluding hydrogens is 152 g/mol. The van der Waals surface area contributed by atoms with Crippen LogP contribution in [0.1, 0.15) is 47.5 Å². The topological polar surface area (TPSA) is 0 Å². The average molecular weight is 174 g/mol. The summed E-state index contributed by atoms with van der Waals surface area (Å²) >= 11 is 4.54. The Balaban J connectivity index is 3.77. The van der Waals surface area contributed by atoms with E-state index in [0.29, 0.717) is 10.7 Å². The van der Waals surface area contributed by atoms with E-state index in [1.165, 1.54) is 12.8 Å². The van der Waals surface area contributed by atoms with Crippen LogP contribution in [0.2, 0.25) is 0 Å². The van der Waals surface area contributed by atoms with Gasteiger partial charge in [0.15, 0.2) is 0 Å². The molecule has 2 atom stereocenters. The van der Waals surface area contributed by atoms with E-state index in [1.54, 1.807) is 0 Å². The van der Waals surface area contributed by atoms with Crippen LogP contribution in [0.15, 0.2) is 0 Å². The Bertz CT molecular complexity index is 102. The van der Waals surface area contributed by atoms with E-state index in [2.05, 4.69) is 47.2 Å². The standard InChI is InChI=1S/C10H22S/c1-6-9(11)8(2)7-10(3,4)5/h8-9,11H,6-7H2,1-5H3. The third kappa shape index (κ3) is 5.60. The Hall–Kier alpha value is 0.350. The number of rotatable bonds is 3. The first-order valence-electron chi connectivity index (χ1n) is 4.55. The fourth-order valence-electron chi connectivity index (χ4n) is 1.50. The molecule has 0 aromatic heterocycles. The Labute approximate surface area is 77.2 Å². The van der Waals surface area contributed by atoms with E-state index in [-0.39, 0.29) is 0 Å². The van der Waals surface area contributed by atoms with Crippen molar-refractivity contribution in [2.75, 3.05) is 0 Å². The van der Waals surface area contributed by atoms with Gasteiger partial charge in [0, 0.05) is 5.25 Å². The van der Waals surface area contributed by atoms with Crippen molar-refractivity contribution in [3.63, 3.8) is 0 Å². The van der Waals surface area contributed by atoms with Crippen molar-refractivity contribution in [2.24, 2.45) is 11.3 Å². The van der Waals surface area contributed by atoms with E-state index in [1.807, 2.05) is 0 Å². The maximum absolute atomic E-state index is 4.54. The molecule has 0 bridgehead atoms. The molecule has 0 nitrogen and oxygen atoms in total. The maximum atomic E-state index is 4.54. The highest BCUT2D eigenvalue weighted by Gasteiger charge is 2.18. The predicted octanol–water partition coefficient (Wildman–Crippen LogP) is 3.77. The monoisotopic (exact) mass is 174 g/mol. The summed E-state index contributed by atoms with van der Waals surface area (Å²) in [6, 6.07) is 0. The normalized spacial score (nSPS) is 18.0. The van der Waals surface area contributed by atoms with Crippen molar-refractivity contribution in [2.45, 2.75) is 52.7 Å². The van der Waals surface area contributed by atoms with Gasteiger partial charge in [-0.2, -0.15) is 12.6 Å². The molecule has 1 heteroatoms. The van der Waals surface area contributed by atoms with Gasteiger partial charge < -0.3 is 0 Å². The summed E-state index contributed by atoms with van der Waals surface area (Å²) < 4.78 is 0. The van der Waals surface area contributed by atoms with E-state index < -0.39 is 0 Å². The number of hydrogen-bond donors (Lipinski definition) is 1. The van der Waals surface area contributed by atoms with Gasteiger partial charge in [-0.3, -0.25) is 0 Å². The molecule has 0 aromatic rings. The first-order chi connectivity index (χ1) is 4.87. The zero-order chi connectivity index (χ0) is 9.07. The summed E-state index contributed by atoms with van der Waals surface area (Å²) in [7, 11) is 0. The Morgan fingerprint density at radius 3 is 2.00 bits per heavy atom. The summed E-state index contributed by atoms with van der Waals surface area (Å²) in [4.78, 5) is 0. The van der Waals surface area contributed by atoms with Crippen LogP contribution in [0, 0.1) is 11.3 Å². The minimum absolute atomic E-state index is 0.454. The van der Waals surface area contributed by atoms with E-state index >= 15 is 0 Å². The van der Waals surface area contributed by atoms with Gasteiger partial charge in [-0.1, -0.05) is 34.6 Å². The highest BCUT2D eigenvalue weighted by atomic mass is 32.1. The highest BCUT2D eigenvalue weighted by Crippen LogP contribution is 2.28. The molecule has 11 heavy (non-hydrogen) atoms. The molecule has 0 aliphatic heterocycles. The van der Waals surface area contributed by atoms with E-state index in [9.17, 15) is 0 Å². The molecule has 0 saturated heterocycles. The molecule has 68 valence electrons. The zero-order valence-corrected chi connectivity index (χ0v) is 9.41. The van der Waals surface area contributed by atoms with Crippen LogP contribution < -0.4 is 0 Å². The first-order valence-corrected chi connectivity index (χ1v) is 5.06. The molecule has 0 heterocycles. The van der Waals surface area contributed by atoms with Crippen LogP contribution in [0.3, 0.4) is 0 Å². The second-order valence-corrected chi connectivity index (χ2v) is 5.38. The minimum Gasteiger partial charge on any atom is -0.176 e. The largest absolute Gasteiger partial charge is 0.176 e. The molecular formula is C10H22S. The van der Waals surface area contributed by atoms with Gasteiger partial charge in [0.25, 0.3) is 0 Å². The lowest BCUT2D eigenvalue weighted by Crippen LogP contribution is -2.18. The van der Waals surface area contributed by atoms with Crippen molar-refractivity contribution in [1.29, 1.82) is 0 Å². The summed E-state index contributed by atoms with van der Waals surface area (Å²) in [5.74, 6) is 0.739. The van der Waals surface area contributed by atoms with Gasteiger partial charge >= 0.3 is 0 Å². The van der Waals surface area contributed by atoms with Gasteiger partial charge in [-0.05, 0) is 24.2 Å². The van der Waals surface area contributed by atoms with Crippen LogP contribution in [-0.2, 0) is 0 Å². The lowest BCUT2D eigenvalue weighted by molar-refractivity contribution is 0.301. The molecule has 0 aliphatic carbocycles. The van der Waals surface area contributed by atoms with Crippen LogP contribution in [-0.4, -0.2) is 5.25 Å². The second kappa shape index (κ2) is 4.39. The van der Waals surface area contributed by atoms with Gasteiger partial charge in [0.2, 0.25) is 0 Å². The summed E-state index contributed by atoms with van der Waals surface area (Å²) in [5, 5.41) is 0.578. The van der Waals surface area contributed by atoms with Crippen LogP contribution in [0.4, 0.5) is 0 Å². The van der Waals surface area contributed by atoms with Crippen LogP contribution in [0.5, 0.6) is 0 Å². The van der Waals surface area contributed by atoms with E-state index in [0.717, 1.165) is 5.92 Å². The van der Waals surface area contributed by atoms with Crippen molar-refractivity contribution >= 4 is 12.6 Å². The highest BCUT2D eigenvalue weighted by molar-refractivity contribution is 7.81. The molecule has 2 unspecified atom stereocenters. The molecule has 0 rings (SSSR count). The van der Waals surface area contributed by atoms with Crippen LogP contribution in [0.25, 0.3) is 0 Å². The molecule has 0 N–H and O–H groups in total.